The Hall–Kier alpha value is -3.34. The number of para-hydroxylation sites is 1. The van der Waals surface area contributed by atoms with E-state index in [0.29, 0.717) is 11.4 Å². The fourth-order valence-electron chi connectivity index (χ4n) is 2.89. The lowest BCUT2D eigenvalue weighted by Gasteiger charge is -2.03. The normalized spacial score (nSPS) is 11.7. The van der Waals surface area contributed by atoms with Crippen molar-refractivity contribution in [1.82, 2.24) is 4.57 Å². The second-order valence-electron chi connectivity index (χ2n) is 5.60. The molecule has 24 heavy (non-hydrogen) atoms. The third-order valence-corrected chi connectivity index (χ3v) is 4.19. The van der Waals surface area contributed by atoms with Crippen LogP contribution in [0.25, 0.3) is 21.7 Å². The van der Waals surface area contributed by atoms with Gasteiger partial charge < -0.3 is 14.8 Å². The first-order chi connectivity index (χ1) is 11.7. The summed E-state index contributed by atoms with van der Waals surface area (Å²) in [6, 6.07) is 18.7. The minimum absolute atomic E-state index is 0.0419. The Balaban J connectivity index is 1.84. The first-order valence-electron chi connectivity index (χ1n) is 7.55. The molecule has 4 rings (SSSR count). The maximum atomic E-state index is 10.4. The average molecular weight is 317 g/mol. The molecule has 2 N–H and O–H groups in total. The zero-order valence-electron chi connectivity index (χ0n) is 13.0. The van der Waals surface area contributed by atoms with Gasteiger partial charge in [-0.1, -0.05) is 48.5 Å². The first kappa shape index (κ1) is 14.3. The Morgan fingerprint density at radius 1 is 0.792 bits per heavy atom. The summed E-state index contributed by atoms with van der Waals surface area (Å²) in [4.78, 5) is 0. The molecule has 0 aliphatic rings. The van der Waals surface area contributed by atoms with Crippen molar-refractivity contribution < 1.29 is 10.2 Å². The van der Waals surface area contributed by atoms with E-state index in [1.54, 1.807) is 17.7 Å². The van der Waals surface area contributed by atoms with Crippen molar-refractivity contribution in [2.75, 3.05) is 0 Å². The highest BCUT2D eigenvalue weighted by Crippen LogP contribution is 2.40. The van der Waals surface area contributed by atoms with Crippen LogP contribution in [0.3, 0.4) is 0 Å². The summed E-state index contributed by atoms with van der Waals surface area (Å²) in [5.41, 5.74) is 1.62. The molecule has 0 spiro atoms. The van der Waals surface area contributed by atoms with E-state index < -0.39 is 0 Å². The molecule has 5 nitrogen and oxygen atoms in total. The second kappa shape index (κ2) is 5.38. The molecule has 5 heteroatoms. The van der Waals surface area contributed by atoms with Crippen molar-refractivity contribution in [3.8, 4) is 11.6 Å². The fraction of sp³-hybridized carbons (Fsp3) is 0.0526. The van der Waals surface area contributed by atoms with Gasteiger partial charge in [0.15, 0.2) is 11.4 Å². The Morgan fingerprint density at radius 2 is 1.50 bits per heavy atom. The molecule has 0 saturated heterocycles. The largest absolute Gasteiger partial charge is 0.505 e. The van der Waals surface area contributed by atoms with E-state index in [-0.39, 0.29) is 11.6 Å². The summed E-state index contributed by atoms with van der Waals surface area (Å²) in [7, 11) is 1.77. The quantitative estimate of drug-likeness (QED) is 0.501. The molecule has 0 atom stereocenters. The van der Waals surface area contributed by atoms with Crippen molar-refractivity contribution in [3.63, 3.8) is 0 Å². The molecule has 0 aliphatic carbocycles. The van der Waals surface area contributed by atoms with Gasteiger partial charge in [-0.3, -0.25) is 0 Å². The van der Waals surface area contributed by atoms with Gasteiger partial charge in [-0.05, 0) is 17.5 Å². The Kier molecular flexibility index (Phi) is 3.20. The summed E-state index contributed by atoms with van der Waals surface area (Å²) in [6.45, 7) is 0. The Morgan fingerprint density at radius 3 is 2.33 bits per heavy atom. The highest BCUT2D eigenvalue weighted by molar-refractivity contribution is 5.95. The van der Waals surface area contributed by atoms with Crippen LogP contribution in [0.15, 0.2) is 70.9 Å². The zero-order chi connectivity index (χ0) is 16.7. The van der Waals surface area contributed by atoms with E-state index in [4.69, 9.17) is 0 Å². The van der Waals surface area contributed by atoms with Gasteiger partial charge in [0.1, 0.15) is 5.69 Å². The predicted molar refractivity (Wildman–Crippen MR) is 94.4 cm³/mol. The van der Waals surface area contributed by atoms with Crippen molar-refractivity contribution in [2.45, 2.75) is 0 Å². The number of aromatic hydroxyl groups is 2. The summed E-state index contributed by atoms with van der Waals surface area (Å²) < 4.78 is 1.66. The zero-order valence-corrected chi connectivity index (χ0v) is 13.0. The van der Waals surface area contributed by atoms with Crippen LogP contribution in [0.5, 0.6) is 11.6 Å². The fourth-order valence-corrected chi connectivity index (χ4v) is 2.89. The molecule has 118 valence electrons. The van der Waals surface area contributed by atoms with E-state index >= 15 is 0 Å². The minimum atomic E-state index is 0.0419. The lowest BCUT2D eigenvalue weighted by Crippen LogP contribution is -1.84. The monoisotopic (exact) mass is 317 g/mol. The molecule has 0 amide bonds. The minimum Gasteiger partial charge on any atom is -0.505 e. The standard InChI is InChI=1S/C19H15N3O2/c1-22-16-9-5-4-8-14(16)17(19(22)24)21-20-15-11-10-12-6-2-3-7-13(12)18(15)23/h2-11,23-24H,1H3. The van der Waals surface area contributed by atoms with E-state index in [2.05, 4.69) is 10.2 Å². The molecule has 0 saturated carbocycles. The third kappa shape index (κ3) is 2.10. The molecular weight excluding hydrogens is 302 g/mol. The van der Waals surface area contributed by atoms with Gasteiger partial charge in [-0.2, -0.15) is 0 Å². The van der Waals surface area contributed by atoms with E-state index in [1.807, 2.05) is 54.6 Å². The SMILES string of the molecule is Cn1c(O)c(N=Nc2ccc3ccccc3c2O)c2ccccc21. The average Bonchev–Trinajstić information content (AvgIpc) is 2.86. The van der Waals surface area contributed by atoms with E-state index in [9.17, 15) is 10.2 Å². The summed E-state index contributed by atoms with van der Waals surface area (Å²) in [5.74, 6) is 0.122. The van der Waals surface area contributed by atoms with Gasteiger partial charge in [0.05, 0.1) is 5.52 Å². The second-order valence-corrected chi connectivity index (χ2v) is 5.60. The lowest BCUT2D eigenvalue weighted by atomic mass is 10.1. The van der Waals surface area contributed by atoms with Crippen molar-refractivity contribution >= 4 is 33.1 Å². The molecule has 0 aliphatic heterocycles. The Bertz CT molecular complexity index is 1100. The predicted octanol–water partition coefficient (Wildman–Crippen LogP) is 5.16. The highest BCUT2D eigenvalue weighted by atomic mass is 16.3. The van der Waals surface area contributed by atoms with Crippen LogP contribution in [0.4, 0.5) is 11.4 Å². The van der Waals surface area contributed by atoms with Crippen molar-refractivity contribution in [2.24, 2.45) is 17.3 Å². The lowest BCUT2D eigenvalue weighted by molar-refractivity contribution is 0.436. The number of benzene rings is 3. The number of fused-ring (bicyclic) bond motifs is 2. The number of nitrogens with zero attached hydrogens (tertiary/aromatic N) is 3. The number of azo groups is 1. The van der Waals surface area contributed by atoms with Crippen LogP contribution in [0, 0.1) is 0 Å². The molecule has 1 aromatic heterocycles. The number of phenols is 1. The molecule has 0 radical (unpaired) electrons. The van der Waals surface area contributed by atoms with Crippen LogP contribution in [-0.2, 0) is 7.05 Å². The number of phenolic OH excluding ortho intramolecular Hbond substituents is 1. The topological polar surface area (TPSA) is 70.1 Å². The van der Waals surface area contributed by atoms with Crippen LogP contribution in [0.1, 0.15) is 0 Å². The Labute approximate surface area is 138 Å². The summed E-state index contributed by atoms with van der Waals surface area (Å²) in [5, 5.41) is 31.5. The molecular formula is C19H15N3O2. The molecule has 4 aromatic rings. The number of rotatable bonds is 2. The number of hydrogen-bond acceptors (Lipinski definition) is 4. The van der Waals surface area contributed by atoms with Crippen LogP contribution in [-0.4, -0.2) is 14.8 Å². The van der Waals surface area contributed by atoms with Gasteiger partial charge in [-0.25, -0.2) is 0 Å². The van der Waals surface area contributed by atoms with E-state index in [0.717, 1.165) is 21.7 Å². The van der Waals surface area contributed by atoms with Crippen LogP contribution in [0.2, 0.25) is 0 Å². The van der Waals surface area contributed by atoms with Crippen molar-refractivity contribution in [3.05, 3.63) is 60.7 Å². The first-order valence-corrected chi connectivity index (χ1v) is 7.55. The van der Waals surface area contributed by atoms with Crippen LogP contribution < -0.4 is 0 Å². The smallest absolute Gasteiger partial charge is 0.220 e. The van der Waals surface area contributed by atoms with Gasteiger partial charge in [0.25, 0.3) is 0 Å². The van der Waals surface area contributed by atoms with E-state index in [1.165, 1.54) is 0 Å². The molecule has 0 fully saturated rings. The molecule has 0 unspecified atom stereocenters. The van der Waals surface area contributed by atoms with Gasteiger partial charge >= 0.3 is 0 Å². The van der Waals surface area contributed by atoms with Gasteiger partial charge in [0, 0.05) is 17.8 Å². The maximum absolute atomic E-state index is 10.4. The van der Waals surface area contributed by atoms with Gasteiger partial charge in [-0.15, -0.1) is 10.2 Å². The molecule has 3 aromatic carbocycles. The molecule has 0 bridgehead atoms. The number of hydrogen-bond donors (Lipinski definition) is 2. The maximum Gasteiger partial charge on any atom is 0.220 e. The summed E-state index contributed by atoms with van der Waals surface area (Å²) >= 11 is 0. The third-order valence-electron chi connectivity index (χ3n) is 4.19. The highest BCUT2D eigenvalue weighted by Gasteiger charge is 2.14. The number of aryl methyl sites for hydroxylation is 1. The number of aromatic nitrogens is 1. The van der Waals surface area contributed by atoms with Gasteiger partial charge in [0.2, 0.25) is 5.88 Å². The molecule has 1 heterocycles. The van der Waals surface area contributed by atoms with Crippen LogP contribution >= 0.6 is 0 Å². The summed E-state index contributed by atoms with van der Waals surface area (Å²) in [6.07, 6.45) is 0. The van der Waals surface area contributed by atoms with Crippen molar-refractivity contribution in [1.29, 1.82) is 0 Å².